The van der Waals surface area contributed by atoms with Crippen LogP contribution in [0.3, 0.4) is 0 Å². The molecule has 2 amide bonds. The second kappa shape index (κ2) is 7.81. The van der Waals surface area contributed by atoms with E-state index in [2.05, 4.69) is 15.4 Å². The fraction of sp³-hybridized carbons (Fsp3) is 0.533. The van der Waals surface area contributed by atoms with Crippen LogP contribution >= 0.6 is 0 Å². The SMILES string of the molecule is O=C(NCC1CCCCC1)Nc1ccccc1OC(F)F. The number of carbonyl (C=O) groups is 1. The molecule has 116 valence electrons. The summed E-state index contributed by atoms with van der Waals surface area (Å²) in [7, 11) is 0. The summed E-state index contributed by atoms with van der Waals surface area (Å²) in [4.78, 5) is 11.8. The molecule has 21 heavy (non-hydrogen) atoms. The van der Waals surface area contributed by atoms with Gasteiger partial charge in [0.15, 0.2) is 0 Å². The molecule has 1 aromatic rings. The molecule has 0 heterocycles. The molecule has 2 rings (SSSR count). The standard InChI is InChI=1S/C15H20F2N2O2/c16-14(17)21-13-9-5-4-8-12(13)19-15(20)18-10-11-6-2-1-3-7-11/h4-5,8-9,11,14H,1-3,6-7,10H2,(H2,18,19,20). The highest BCUT2D eigenvalue weighted by Gasteiger charge is 2.15. The Bertz CT molecular complexity index is 463. The van der Waals surface area contributed by atoms with Gasteiger partial charge in [-0.2, -0.15) is 8.78 Å². The van der Waals surface area contributed by atoms with E-state index in [-0.39, 0.29) is 11.4 Å². The van der Waals surface area contributed by atoms with Crippen molar-refractivity contribution in [1.82, 2.24) is 5.32 Å². The minimum Gasteiger partial charge on any atom is -0.433 e. The van der Waals surface area contributed by atoms with E-state index in [4.69, 9.17) is 0 Å². The van der Waals surface area contributed by atoms with Crippen molar-refractivity contribution in [3.05, 3.63) is 24.3 Å². The van der Waals surface area contributed by atoms with Gasteiger partial charge in [0.25, 0.3) is 0 Å². The van der Waals surface area contributed by atoms with E-state index in [1.807, 2.05) is 0 Å². The van der Waals surface area contributed by atoms with Crippen molar-refractivity contribution in [1.29, 1.82) is 0 Å². The van der Waals surface area contributed by atoms with Gasteiger partial charge in [0.05, 0.1) is 5.69 Å². The average Bonchev–Trinajstić information content (AvgIpc) is 2.48. The van der Waals surface area contributed by atoms with Crippen LogP contribution in [0.2, 0.25) is 0 Å². The number of benzene rings is 1. The maximum atomic E-state index is 12.3. The quantitative estimate of drug-likeness (QED) is 0.863. The summed E-state index contributed by atoms with van der Waals surface area (Å²) in [5.41, 5.74) is 0.235. The number of nitrogens with one attached hydrogen (secondary N) is 2. The van der Waals surface area contributed by atoms with Gasteiger partial charge in [-0.3, -0.25) is 0 Å². The van der Waals surface area contributed by atoms with Crippen LogP contribution in [-0.4, -0.2) is 19.2 Å². The molecular formula is C15H20F2N2O2. The molecule has 6 heteroatoms. The van der Waals surface area contributed by atoms with Crippen LogP contribution in [0.25, 0.3) is 0 Å². The van der Waals surface area contributed by atoms with Crippen molar-refractivity contribution in [2.24, 2.45) is 5.92 Å². The molecule has 0 radical (unpaired) electrons. The highest BCUT2D eigenvalue weighted by Crippen LogP contribution is 2.25. The van der Waals surface area contributed by atoms with Gasteiger partial charge in [0.1, 0.15) is 5.75 Å². The molecule has 1 aliphatic rings. The Morgan fingerprint density at radius 2 is 1.95 bits per heavy atom. The minimum atomic E-state index is -2.92. The van der Waals surface area contributed by atoms with Crippen LogP contribution in [-0.2, 0) is 0 Å². The number of alkyl halides is 2. The van der Waals surface area contributed by atoms with Crippen LogP contribution in [0.15, 0.2) is 24.3 Å². The highest BCUT2D eigenvalue weighted by atomic mass is 19.3. The molecule has 0 aromatic heterocycles. The van der Waals surface area contributed by atoms with Crippen LogP contribution in [0, 0.1) is 5.92 Å². The lowest BCUT2D eigenvalue weighted by atomic mass is 9.89. The van der Waals surface area contributed by atoms with Gasteiger partial charge in [-0.05, 0) is 30.9 Å². The third-order valence-corrected chi connectivity index (χ3v) is 3.63. The fourth-order valence-corrected chi connectivity index (χ4v) is 2.56. The molecule has 0 saturated heterocycles. The summed E-state index contributed by atoms with van der Waals surface area (Å²) in [6, 6.07) is 5.74. The number of anilines is 1. The maximum Gasteiger partial charge on any atom is 0.387 e. The van der Waals surface area contributed by atoms with Crippen molar-refractivity contribution < 1.29 is 18.3 Å². The summed E-state index contributed by atoms with van der Waals surface area (Å²) in [5, 5.41) is 5.34. The first-order chi connectivity index (χ1) is 10.1. The van der Waals surface area contributed by atoms with Crippen LogP contribution in [0.5, 0.6) is 5.75 Å². The van der Waals surface area contributed by atoms with Crippen LogP contribution < -0.4 is 15.4 Å². The Morgan fingerprint density at radius 3 is 2.67 bits per heavy atom. The number of hydrogen-bond acceptors (Lipinski definition) is 2. The fourth-order valence-electron chi connectivity index (χ4n) is 2.56. The Kier molecular flexibility index (Phi) is 5.78. The topological polar surface area (TPSA) is 50.4 Å². The van der Waals surface area contributed by atoms with Crippen molar-refractivity contribution in [2.75, 3.05) is 11.9 Å². The minimum absolute atomic E-state index is 0.0414. The second-order valence-electron chi connectivity index (χ2n) is 5.21. The van der Waals surface area contributed by atoms with Gasteiger partial charge in [-0.25, -0.2) is 4.79 Å². The first kappa shape index (κ1) is 15.5. The van der Waals surface area contributed by atoms with Gasteiger partial charge in [0, 0.05) is 6.54 Å². The molecule has 0 atom stereocenters. The van der Waals surface area contributed by atoms with Gasteiger partial charge < -0.3 is 15.4 Å². The predicted octanol–water partition coefficient (Wildman–Crippen LogP) is 3.99. The van der Waals surface area contributed by atoms with Crippen LogP contribution in [0.1, 0.15) is 32.1 Å². The van der Waals surface area contributed by atoms with Crippen molar-refractivity contribution in [3.8, 4) is 5.75 Å². The highest BCUT2D eigenvalue weighted by molar-refractivity contribution is 5.90. The summed E-state index contributed by atoms with van der Waals surface area (Å²) in [6.45, 7) is -2.30. The van der Waals surface area contributed by atoms with E-state index in [1.165, 1.54) is 31.4 Å². The third-order valence-electron chi connectivity index (χ3n) is 3.63. The summed E-state index contributed by atoms with van der Waals surface area (Å²) in [6.07, 6.45) is 5.94. The lowest BCUT2D eigenvalue weighted by Gasteiger charge is -2.22. The molecule has 0 spiro atoms. The number of ether oxygens (including phenoxy) is 1. The lowest BCUT2D eigenvalue weighted by molar-refractivity contribution is -0.0493. The van der Waals surface area contributed by atoms with E-state index < -0.39 is 12.6 Å². The largest absolute Gasteiger partial charge is 0.433 e. The number of urea groups is 1. The molecule has 0 aliphatic heterocycles. The molecular weight excluding hydrogens is 278 g/mol. The molecule has 1 aromatic carbocycles. The summed E-state index contributed by atoms with van der Waals surface area (Å²) in [5.74, 6) is 0.470. The number of amides is 2. The molecule has 1 saturated carbocycles. The maximum absolute atomic E-state index is 12.3. The third kappa shape index (κ3) is 5.21. The summed E-state index contributed by atoms with van der Waals surface area (Å²) >= 11 is 0. The lowest BCUT2D eigenvalue weighted by Crippen LogP contribution is -2.33. The van der Waals surface area contributed by atoms with Gasteiger partial charge in [-0.1, -0.05) is 31.4 Å². The van der Waals surface area contributed by atoms with E-state index >= 15 is 0 Å². The van der Waals surface area contributed by atoms with Gasteiger partial charge in [0.2, 0.25) is 0 Å². The normalized spacial score (nSPS) is 15.8. The predicted molar refractivity (Wildman–Crippen MR) is 76.7 cm³/mol. The van der Waals surface area contributed by atoms with Gasteiger partial charge >= 0.3 is 12.6 Å². The number of hydrogen-bond donors (Lipinski definition) is 2. The van der Waals surface area contributed by atoms with Crippen LogP contribution in [0.4, 0.5) is 19.3 Å². The number of rotatable bonds is 5. The zero-order valence-electron chi connectivity index (χ0n) is 11.8. The number of halogens is 2. The smallest absolute Gasteiger partial charge is 0.387 e. The zero-order valence-corrected chi connectivity index (χ0v) is 11.8. The van der Waals surface area contributed by atoms with Crippen molar-refractivity contribution in [3.63, 3.8) is 0 Å². The van der Waals surface area contributed by atoms with Gasteiger partial charge in [-0.15, -0.1) is 0 Å². The van der Waals surface area contributed by atoms with Crippen molar-refractivity contribution in [2.45, 2.75) is 38.7 Å². The van der Waals surface area contributed by atoms with E-state index in [1.54, 1.807) is 12.1 Å². The van der Waals surface area contributed by atoms with Crippen molar-refractivity contribution >= 4 is 11.7 Å². The first-order valence-corrected chi connectivity index (χ1v) is 7.24. The van der Waals surface area contributed by atoms with E-state index in [9.17, 15) is 13.6 Å². The molecule has 1 aliphatic carbocycles. The molecule has 2 N–H and O–H groups in total. The Labute approximate surface area is 122 Å². The molecule has 0 unspecified atom stereocenters. The molecule has 4 nitrogen and oxygen atoms in total. The molecule has 1 fully saturated rings. The zero-order chi connectivity index (χ0) is 15.1. The number of para-hydroxylation sites is 2. The number of carbonyl (C=O) groups excluding carboxylic acids is 1. The Morgan fingerprint density at radius 1 is 1.24 bits per heavy atom. The van der Waals surface area contributed by atoms with E-state index in [0.29, 0.717) is 12.5 Å². The molecule has 0 bridgehead atoms. The summed E-state index contributed by atoms with van der Waals surface area (Å²) < 4.78 is 28.9. The second-order valence-corrected chi connectivity index (χ2v) is 5.21. The van der Waals surface area contributed by atoms with E-state index in [0.717, 1.165) is 12.8 Å². The average molecular weight is 298 g/mol. The monoisotopic (exact) mass is 298 g/mol. The first-order valence-electron chi connectivity index (χ1n) is 7.24. The Balaban J connectivity index is 1.84. The Hall–Kier alpha value is -1.85.